The van der Waals surface area contributed by atoms with Gasteiger partial charge in [0.25, 0.3) is 0 Å². The summed E-state index contributed by atoms with van der Waals surface area (Å²) in [6, 6.07) is 7.70. The number of carbonyl (C=O) groups is 2. The van der Waals surface area contributed by atoms with Gasteiger partial charge in [0.1, 0.15) is 0 Å². The van der Waals surface area contributed by atoms with E-state index >= 15 is 0 Å². The van der Waals surface area contributed by atoms with Crippen LogP contribution in [0.1, 0.15) is 37.7 Å². The van der Waals surface area contributed by atoms with Crippen LogP contribution in [0, 0.1) is 0 Å². The minimum absolute atomic E-state index is 0.0543. The first kappa shape index (κ1) is 21.1. The Bertz CT molecular complexity index is 661. The molecule has 154 valence electrons. The van der Waals surface area contributed by atoms with Crippen molar-refractivity contribution in [3.63, 3.8) is 0 Å². The number of hydrogen-bond acceptors (Lipinski definition) is 4. The molecule has 2 fully saturated rings. The van der Waals surface area contributed by atoms with E-state index in [1.54, 1.807) is 0 Å². The van der Waals surface area contributed by atoms with E-state index in [4.69, 9.17) is 16.3 Å². The van der Waals surface area contributed by atoms with Crippen molar-refractivity contribution in [2.24, 2.45) is 0 Å². The Morgan fingerprint density at radius 3 is 2.68 bits per heavy atom. The van der Waals surface area contributed by atoms with Gasteiger partial charge in [-0.15, -0.1) is 0 Å². The molecule has 0 aromatic heterocycles. The van der Waals surface area contributed by atoms with Gasteiger partial charge in [-0.05, 0) is 49.9 Å². The van der Waals surface area contributed by atoms with Crippen LogP contribution in [-0.4, -0.2) is 61.6 Å². The predicted molar refractivity (Wildman–Crippen MR) is 109 cm³/mol. The molecule has 28 heavy (non-hydrogen) atoms. The van der Waals surface area contributed by atoms with E-state index in [9.17, 15) is 9.59 Å². The molecule has 7 heteroatoms. The summed E-state index contributed by atoms with van der Waals surface area (Å²) >= 11 is 5.97. The highest BCUT2D eigenvalue weighted by Crippen LogP contribution is 2.30. The van der Waals surface area contributed by atoms with Crippen LogP contribution in [0.5, 0.6) is 0 Å². The molecular formula is C21H30ClN3O3. The first-order valence-electron chi connectivity index (χ1n) is 10.2. The second-order valence-corrected chi connectivity index (χ2v) is 8.23. The van der Waals surface area contributed by atoms with Gasteiger partial charge in [0.05, 0.1) is 13.2 Å². The maximum absolute atomic E-state index is 12.3. The number of nitrogens with zero attached hydrogens (tertiary/aromatic N) is 1. The van der Waals surface area contributed by atoms with E-state index < -0.39 is 0 Å². The molecule has 6 nitrogen and oxygen atoms in total. The second-order valence-electron chi connectivity index (χ2n) is 7.79. The molecular weight excluding hydrogens is 378 g/mol. The molecule has 1 atom stereocenters. The highest BCUT2D eigenvalue weighted by atomic mass is 35.5. The zero-order valence-electron chi connectivity index (χ0n) is 16.3. The molecule has 0 radical (unpaired) electrons. The van der Waals surface area contributed by atoms with E-state index in [-0.39, 0.29) is 17.4 Å². The van der Waals surface area contributed by atoms with Gasteiger partial charge in [0.15, 0.2) is 0 Å². The Morgan fingerprint density at radius 2 is 2.00 bits per heavy atom. The maximum Gasteiger partial charge on any atom is 0.220 e. The molecule has 0 bridgehead atoms. The lowest BCUT2D eigenvalue weighted by Gasteiger charge is -2.29. The smallest absolute Gasteiger partial charge is 0.220 e. The highest BCUT2D eigenvalue weighted by molar-refractivity contribution is 6.30. The third-order valence-electron chi connectivity index (χ3n) is 5.60. The average Bonchev–Trinajstić information content (AvgIpc) is 3.07. The molecule has 1 aromatic rings. The lowest BCUT2D eigenvalue weighted by molar-refractivity contribution is -0.122. The quantitative estimate of drug-likeness (QED) is 0.615. The van der Waals surface area contributed by atoms with Gasteiger partial charge in [0, 0.05) is 43.0 Å². The fourth-order valence-corrected chi connectivity index (χ4v) is 4.10. The number of morpholine rings is 1. The van der Waals surface area contributed by atoms with E-state index in [2.05, 4.69) is 15.5 Å². The Hall–Kier alpha value is -1.63. The molecule has 2 aliphatic rings. The summed E-state index contributed by atoms with van der Waals surface area (Å²) in [5.41, 5.74) is 0.785. The van der Waals surface area contributed by atoms with Crippen molar-refractivity contribution >= 4 is 23.4 Å². The van der Waals surface area contributed by atoms with E-state index in [0.717, 1.165) is 57.7 Å². The van der Waals surface area contributed by atoms with Crippen molar-refractivity contribution in [1.82, 2.24) is 15.5 Å². The van der Waals surface area contributed by atoms with Crippen LogP contribution in [0.2, 0.25) is 5.02 Å². The van der Waals surface area contributed by atoms with Crippen molar-refractivity contribution in [2.45, 2.75) is 44.1 Å². The maximum atomic E-state index is 12.3. The number of amides is 2. The van der Waals surface area contributed by atoms with Gasteiger partial charge < -0.3 is 15.4 Å². The Balaban J connectivity index is 1.42. The minimum atomic E-state index is -0.337. The van der Waals surface area contributed by atoms with Crippen LogP contribution in [0.25, 0.3) is 0 Å². The van der Waals surface area contributed by atoms with Crippen molar-refractivity contribution in [1.29, 1.82) is 0 Å². The average molecular weight is 408 g/mol. The Kier molecular flexibility index (Phi) is 7.71. The molecule has 1 aromatic carbocycles. The van der Waals surface area contributed by atoms with Gasteiger partial charge >= 0.3 is 0 Å². The summed E-state index contributed by atoms with van der Waals surface area (Å²) in [4.78, 5) is 26.5. The van der Waals surface area contributed by atoms with Crippen LogP contribution in [-0.2, 0) is 20.7 Å². The number of nitrogens with one attached hydrogen (secondary N) is 2. The molecule has 0 aliphatic carbocycles. The monoisotopic (exact) mass is 407 g/mol. The third kappa shape index (κ3) is 6.47. The third-order valence-corrected chi connectivity index (χ3v) is 5.85. The van der Waals surface area contributed by atoms with Crippen molar-refractivity contribution in [2.75, 3.05) is 39.4 Å². The van der Waals surface area contributed by atoms with Gasteiger partial charge in [0.2, 0.25) is 11.8 Å². The zero-order valence-corrected chi connectivity index (χ0v) is 17.1. The second kappa shape index (κ2) is 10.2. The van der Waals surface area contributed by atoms with E-state index in [0.29, 0.717) is 30.8 Å². The molecule has 0 unspecified atom stereocenters. The van der Waals surface area contributed by atoms with Crippen molar-refractivity contribution in [3.8, 4) is 0 Å². The fourth-order valence-electron chi connectivity index (χ4n) is 3.97. The number of ether oxygens (including phenoxy) is 1. The molecule has 2 amide bonds. The molecule has 0 saturated carbocycles. The van der Waals surface area contributed by atoms with Gasteiger partial charge in [-0.2, -0.15) is 0 Å². The number of rotatable bonds is 9. The van der Waals surface area contributed by atoms with Crippen LogP contribution >= 0.6 is 11.6 Å². The molecule has 2 aliphatic heterocycles. The predicted octanol–water partition coefficient (Wildman–Crippen LogP) is 2.15. The van der Waals surface area contributed by atoms with Gasteiger partial charge in [-0.1, -0.05) is 23.7 Å². The number of benzene rings is 1. The van der Waals surface area contributed by atoms with Crippen molar-refractivity contribution in [3.05, 3.63) is 34.9 Å². The Morgan fingerprint density at radius 1 is 1.25 bits per heavy atom. The topological polar surface area (TPSA) is 70.7 Å². The first-order chi connectivity index (χ1) is 13.5. The molecule has 2 N–H and O–H groups in total. The van der Waals surface area contributed by atoms with Crippen LogP contribution < -0.4 is 10.6 Å². The van der Waals surface area contributed by atoms with Gasteiger partial charge in [-0.3, -0.25) is 14.5 Å². The molecule has 2 heterocycles. The normalized spacial score (nSPS) is 22.8. The largest absolute Gasteiger partial charge is 0.379 e. The van der Waals surface area contributed by atoms with Gasteiger partial charge in [-0.25, -0.2) is 0 Å². The van der Waals surface area contributed by atoms with E-state index in [1.165, 1.54) is 0 Å². The SMILES string of the molecule is O=C(CC[C@@]1(Cc2ccc(Cl)cc2)CCC(=O)N1)NCCCN1CCOCC1. The number of hydrogen-bond donors (Lipinski definition) is 2. The number of halogens is 1. The first-order valence-corrected chi connectivity index (χ1v) is 10.5. The summed E-state index contributed by atoms with van der Waals surface area (Å²) in [6.45, 7) is 5.22. The summed E-state index contributed by atoms with van der Waals surface area (Å²) in [5.74, 6) is 0.124. The molecule has 0 spiro atoms. The number of carbonyl (C=O) groups excluding carboxylic acids is 2. The highest BCUT2D eigenvalue weighted by Gasteiger charge is 2.37. The fraction of sp³-hybridized carbons (Fsp3) is 0.619. The summed E-state index contributed by atoms with van der Waals surface area (Å²) in [6.07, 6.45) is 4.02. The van der Waals surface area contributed by atoms with Crippen molar-refractivity contribution < 1.29 is 14.3 Å². The summed E-state index contributed by atoms with van der Waals surface area (Å²) < 4.78 is 5.34. The van der Waals surface area contributed by atoms with Crippen LogP contribution in [0.15, 0.2) is 24.3 Å². The van der Waals surface area contributed by atoms with Crippen LogP contribution in [0.3, 0.4) is 0 Å². The standard InChI is InChI=1S/C21H30ClN3O3/c22-18-4-2-17(3-5-18)16-21(9-7-20(27)24-21)8-6-19(26)23-10-1-11-25-12-14-28-15-13-25/h2-5H,1,6-16H2,(H,23,26)(H,24,27)/t21-/m0/s1. The lowest BCUT2D eigenvalue weighted by Crippen LogP contribution is -2.44. The molecule has 2 saturated heterocycles. The van der Waals surface area contributed by atoms with E-state index in [1.807, 2.05) is 24.3 Å². The molecule has 3 rings (SSSR count). The Labute approximate surface area is 171 Å². The minimum Gasteiger partial charge on any atom is -0.379 e. The summed E-state index contributed by atoms with van der Waals surface area (Å²) in [7, 11) is 0. The summed E-state index contributed by atoms with van der Waals surface area (Å²) in [5, 5.41) is 6.84. The van der Waals surface area contributed by atoms with Crippen LogP contribution in [0.4, 0.5) is 0 Å². The lowest BCUT2D eigenvalue weighted by atomic mass is 9.85. The zero-order chi connectivity index (χ0) is 19.8.